The van der Waals surface area contributed by atoms with Crippen LogP contribution in [0.15, 0.2) is 40.2 Å². The second-order valence-electron chi connectivity index (χ2n) is 6.79. The number of nitrogens with zero attached hydrogens (tertiary/aromatic N) is 5. The van der Waals surface area contributed by atoms with Gasteiger partial charge in [0, 0.05) is 10.6 Å². The van der Waals surface area contributed by atoms with E-state index in [0.29, 0.717) is 15.6 Å². The van der Waals surface area contributed by atoms with Crippen molar-refractivity contribution in [2.45, 2.75) is 19.5 Å². The third-order valence-electron chi connectivity index (χ3n) is 4.19. The van der Waals surface area contributed by atoms with Gasteiger partial charge in [-0.2, -0.15) is 23.5 Å². The number of phosphoric ester groups is 1. The normalized spacial score (nSPS) is 11.8. The zero-order chi connectivity index (χ0) is 26.8. The molecule has 0 saturated heterocycles. The van der Waals surface area contributed by atoms with Gasteiger partial charge in [-0.1, -0.05) is 23.2 Å². The van der Waals surface area contributed by atoms with Crippen LogP contribution in [-0.2, 0) is 28.5 Å². The topological polar surface area (TPSA) is 170 Å². The first-order chi connectivity index (χ1) is 16.7. The van der Waals surface area contributed by atoms with Crippen molar-refractivity contribution in [2.24, 2.45) is 0 Å². The van der Waals surface area contributed by atoms with E-state index in [9.17, 15) is 27.3 Å². The summed E-state index contributed by atoms with van der Waals surface area (Å²) in [6.45, 7) is -1.70. The van der Waals surface area contributed by atoms with Gasteiger partial charge in [0.25, 0.3) is 11.1 Å². The molecule has 0 fully saturated rings. The minimum Gasteiger partial charge on any atom is -0.449 e. The molecular formula is C18H11Cl2F3N5O7P. The molecular weight excluding hydrogens is 557 g/mol. The van der Waals surface area contributed by atoms with Crippen LogP contribution in [0.2, 0.25) is 10.2 Å². The van der Waals surface area contributed by atoms with E-state index in [1.807, 2.05) is 0 Å². The van der Waals surface area contributed by atoms with Crippen molar-refractivity contribution >= 4 is 31.0 Å². The summed E-state index contributed by atoms with van der Waals surface area (Å²) in [6.07, 6.45) is -4.60. The molecule has 0 aliphatic carbocycles. The van der Waals surface area contributed by atoms with E-state index in [-0.39, 0.29) is 27.1 Å². The molecule has 0 atom stereocenters. The van der Waals surface area contributed by atoms with Crippen molar-refractivity contribution in [1.29, 1.82) is 5.26 Å². The van der Waals surface area contributed by atoms with Crippen LogP contribution in [-0.4, -0.2) is 29.1 Å². The van der Waals surface area contributed by atoms with E-state index in [0.717, 1.165) is 18.2 Å². The summed E-state index contributed by atoms with van der Waals surface area (Å²) in [5.41, 5.74) is -4.42. The number of ether oxygens (including phenoxy) is 1. The first-order valence-corrected chi connectivity index (χ1v) is 11.5. The molecule has 36 heavy (non-hydrogen) atoms. The molecule has 0 aliphatic heterocycles. The number of hydrogen-bond donors (Lipinski definition) is 2. The van der Waals surface area contributed by atoms with Gasteiger partial charge in [-0.05, 0) is 24.3 Å². The fraction of sp³-hybridized carbons (Fsp3) is 0.167. The molecule has 1 aromatic carbocycles. The second-order valence-corrected chi connectivity index (χ2v) is 8.85. The summed E-state index contributed by atoms with van der Waals surface area (Å²) >= 11 is 11.6. The Morgan fingerprint density at radius 1 is 1.14 bits per heavy atom. The van der Waals surface area contributed by atoms with Crippen LogP contribution >= 0.6 is 31.0 Å². The monoisotopic (exact) mass is 567 g/mol. The quantitative estimate of drug-likeness (QED) is 0.404. The van der Waals surface area contributed by atoms with Gasteiger partial charge in [0.1, 0.15) is 10.9 Å². The van der Waals surface area contributed by atoms with Gasteiger partial charge in [0.2, 0.25) is 5.75 Å². The Balaban J connectivity index is 2.08. The van der Waals surface area contributed by atoms with E-state index in [4.69, 9.17) is 43.0 Å². The smallest absolute Gasteiger partial charge is 0.449 e. The number of nitriles is 1. The van der Waals surface area contributed by atoms with E-state index >= 15 is 0 Å². The predicted octanol–water partition coefficient (Wildman–Crippen LogP) is 2.90. The highest BCUT2D eigenvalue weighted by molar-refractivity contribution is 7.46. The van der Waals surface area contributed by atoms with Gasteiger partial charge < -0.3 is 14.5 Å². The Morgan fingerprint density at radius 3 is 2.44 bits per heavy atom. The molecule has 18 heteroatoms. The molecule has 3 rings (SSSR count). The minimum atomic E-state index is -5.11. The van der Waals surface area contributed by atoms with Crippen LogP contribution in [0.1, 0.15) is 16.8 Å². The third-order valence-corrected chi connectivity index (χ3v) is 5.05. The molecule has 2 N–H and O–H groups in total. The van der Waals surface area contributed by atoms with Crippen molar-refractivity contribution in [3.05, 3.63) is 78.3 Å². The molecule has 12 nitrogen and oxygen atoms in total. The molecule has 0 saturated carbocycles. The summed E-state index contributed by atoms with van der Waals surface area (Å²) in [7, 11) is -4.99. The molecule has 0 amide bonds. The van der Waals surface area contributed by atoms with Gasteiger partial charge in [0.15, 0.2) is 12.4 Å². The summed E-state index contributed by atoms with van der Waals surface area (Å²) in [6, 6.07) is 6.05. The molecule has 0 spiro atoms. The predicted molar refractivity (Wildman–Crippen MR) is 115 cm³/mol. The second kappa shape index (κ2) is 10.4. The van der Waals surface area contributed by atoms with Crippen molar-refractivity contribution < 1.29 is 36.8 Å². The molecule has 0 aliphatic rings. The molecule has 3 aromatic rings. The van der Waals surface area contributed by atoms with Gasteiger partial charge in [-0.25, -0.2) is 14.2 Å². The molecule has 0 unspecified atom stereocenters. The van der Waals surface area contributed by atoms with Crippen LogP contribution in [0.5, 0.6) is 11.5 Å². The maximum atomic E-state index is 13.5. The number of phosphoric acid groups is 1. The number of alkyl halides is 3. The van der Waals surface area contributed by atoms with Crippen molar-refractivity contribution in [3.8, 4) is 17.6 Å². The highest BCUT2D eigenvalue weighted by atomic mass is 35.5. The van der Waals surface area contributed by atoms with Crippen LogP contribution in [0.4, 0.5) is 13.2 Å². The summed E-state index contributed by atoms with van der Waals surface area (Å²) in [5.74, 6) is -1.62. The zero-order valence-electron chi connectivity index (χ0n) is 17.3. The lowest BCUT2D eigenvalue weighted by molar-refractivity contribution is -0.142. The summed E-state index contributed by atoms with van der Waals surface area (Å²) in [5, 5.41) is 12.2. The third kappa shape index (κ3) is 6.70. The van der Waals surface area contributed by atoms with E-state index in [1.54, 1.807) is 6.07 Å². The Kier molecular flexibility index (Phi) is 7.89. The standard InChI is InChI=1S/C18H11Cl2F3N5O7P/c19-11-1-9(5-24)2-12(4-11)35-14-15(18(21,22)23)25-7-27(17(14)30)6-10-3-13(20)26-28(16(10)29)8-34-36(31,32)33/h1-4,7H,6,8H2,(H2,31,32,33). The molecule has 2 heterocycles. The zero-order valence-corrected chi connectivity index (χ0v) is 19.7. The van der Waals surface area contributed by atoms with Crippen molar-refractivity contribution in [1.82, 2.24) is 19.3 Å². The van der Waals surface area contributed by atoms with Gasteiger partial charge >= 0.3 is 14.0 Å². The van der Waals surface area contributed by atoms with Gasteiger partial charge in [0.05, 0.1) is 24.5 Å². The van der Waals surface area contributed by atoms with Gasteiger partial charge in [-0.15, -0.1) is 0 Å². The van der Waals surface area contributed by atoms with Gasteiger partial charge in [-0.3, -0.25) is 18.7 Å². The number of hydrogen-bond acceptors (Lipinski definition) is 8. The fourth-order valence-electron chi connectivity index (χ4n) is 2.76. The van der Waals surface area contributed by atoms with E-state index in [1.165, 1.54) is 6.07 Å². The lowest BCUT2D eigenvalue weighted by Crippen LogP contribution is -2.32. The van der Waals surface area contributed by atoms with Crippen LogP contribution < -0.4 is 15.9 Å². The maximum absolute atomic E-state index is 13.5. The largest absolute Gasteiger partial charge is 0.471 e. The fourth-order valence-corrected chi connectivity index (χ4v) is 3.46. The van der Waals surface area contributed by atoms with E-state index in [2.05, 4.69) is 14.6 Å². The molecule has 2 aromatic heterocycles. The minimum absolute atomic E-state index is 0.0497. The Morgan fingerprint density at radius 2 is 1.83 bits per heavy atom. The molecule has 0 radical (unpaired) electrons. The lowest BCUT2D eigenvalue weighted by Gasteiger charge is -2.15. The Labute approximate surface area is 207 Å². The average molecular weight is 568 g/mol. The average Bonchev–Trinajstić information content (AvgIpc) is 2.75. The molecule has 0 bridgehead atoms. The van der Waals surface area contributed by atoms with E-state index < -0.39 is 49.8 Å². The number of benzene rings is 1. The maximum Gasteiger partial charge on any atom is 0.471 e. The van der Waals surface area contributed by atoms with Crippen LogP contribution in [0, 0.1) is 11.3 Å². The summed E-state index contributed by atoms with van der Waals surface area (Å²) in [4.78, 5) is 46.4. The number of rotatable bonds is 7. The Bertz CT molecular complexity index is 1530. The number of halogens is 5. The lowest BCUT2D eigenvalue weighted by atomic mass is 10.2. The highest BCUT2D eigenvalue weighted by Crippen LogP contribution is 2.36. The SMILES string of the molecule is N#Cc1cc(Cl)cc(Oc2c(C(F)(F)F)ncn(Cc3cc(Cl)nn(COP(=O)(O)O)c3=O)c2=O)c1. The highest BCUT2D eigenvalue weighted by Gasteiger charge is 2.39. The first kappa shape index (κ1) is 27.3. The van der Waals surface area contributed by atoms with Crippen LogP contribution in [0.3, 0.4) is 0 Å². The van der Waals surface area contributed by atoms with Crippen molar-refractivity contribution in [2.75, 3.05) is 0 Å². The summed E-state index contributed by atoms with van der Waals surface area (Å²) < 4.78 is 61.9. The first-order valence-electron chi connectivity index (χ1n) is 9.20. The Hall–Kier alpha value is -3.25. The number of aromatic nitrogens is 4. The van der Waals surface area contributed by atoms with Crippen LogP contribution in [0.25, 0.3) is 0 Å². The van der Waals surface area contributed by atoms with Crippen molar-refractivity contribution in [3.63, 3.8) is 0 Å². The molecule has 190 valence electrons.